The van der Waals surface area contributed by atoms with Gasteiger partial charge in [0.05, 0.1) is 6.04 Å². The molecule has 4 rings (SSSR count). The summed E-state index contributed by atoms with van der Waals surface area (Å²) in [6.45, 7) is 4.37. The van der Waals surface area contributed by atoms with E-state index < -0.39 is 11.5 Å². The predicted octanol–water partition coefficient (Wildman–Crippen LogP) is 3.22. The molecule has 0 aliphatic carbocycles. The number of amidine groups is 1. The van der Waals surface area contributed by atoms with Crippen molar-refractivity contribution in [3.63, 3.8) is 0 Å². The molecule has 2 aromatic heterocycles. The summed E-state index contributed by atoms with van der Waals surface area (Å²) in [7, 11) is 0. The molecule has 0 amide bonds. The summed E-state index contributed by atoms with van der Waals surface area (Å²) in [4.78, 5) is 20.5. The van der Waals surface area contributed by atoms with Crippen LogP contribution in [0.5, 0.6) is 0 Å². The van der Waals surface area contributed by atoms with Crippen molar-refractivity contribution in [3.05, 3.63) is 99.7 Å². The van der Waals surface area contributed by atoms with Crippen LogP contribution in [0.15, 0.2) is 70.7 Å². The van der Waals surface area contributed by atoms with Crippen molar-refractivity contribution in [2.75, 3.05) is 0 Å². The average molecular weight is 394 g/mol. The van der Waals surface area contributed by atoms with E-state index in [-0.39, 0.29) is 17.4 Å². The largest absolute Gasteiger partial charge is 0.354 e. The minimum Gasteiger partial charge on any atom is -0.354 e. The fraction of sp³-hybridized carbons (Fsp3) is 0.227. The molecule has 3 heterocycles. The molecule has 0 bridgehead atoms. The Labute approximate surface area is 166 Å². The summed E-state index contributed by atoms with van der Waals surface area (Å²) in [5.41, 5.74) is 1.31. The minimum absolute atomic E-state index is 0.0876. The molecule has 0 saturated heterocycles. The van der Waals surface area contributed by atoms with Crippen molar-refractivity contribution in [2.24, 2.45) is 4.99 Å². The molecule has 0 fully saturated rings. The van der Waals surface area contributed by atoms with Crippen molar-refractivity contribution < 1.29 is 8.78 Å². The molecule has 0 saturated carbocycles. The normalized spacial score (nSPS) is 21.0. The van der Waals surface area contributed by atoms with Gasteiger partial charge in [0.15, 0.2) is 0 Å². The highest BCUT2D eigenvalue weighted by Crippen LogP contribution is 2.38. The molecule has 0 unspecified atom stereocenters. The van der Waals surface area contributed by atoms with Crippen LogP contribution in [0.25, 0.3) is 0 Å². The molecule has 7 heteroatoms. The van der Waals surface area contributed by atoms with Gasteiger partial charge >= 0.3 is 0 Å². The van der Waals surface area contributed by atoms with Gasteiger partial charge in [-0.1, -0.05) is 18.2 Å². The van der Waals surface area contributed by atoms with E-state index in [1.165, 1.54) is 30.5 Å². The summed E-state index contributed by atoms with van der Waals surface area (Å²) in [5, 5.41) is 3.46. The second-order valence-corrected chi connectivity index (χ2v) is 7.01. The van der Waals surface area contributed by atoms with Crippen LogP contribution in [0.2, 0.25) is 0 Å². The van der Waals surface area contributed by atoms with Crippen LogP contribution in [-0.4, -0.2) is 21.4 Å². The van der Waals surface area contributed by atoms with E-state index in [1.807, 2.05) is 13.8 Å². The van der Waals surface area contributed by atoms with E-state index in [4.69, 9.17) is 4.99 Å². The van der Waals surface area contributed by atoms with Gasteiger partial charge in [0.2, 0.25) is 5.95 Å². The minimum atomic E-state index is -0.850. The summed E-state index contributed by atoms with van der Waals surface area (Å²) in [6.07, 6.45) is 3.22. The smallest absolute Gasteiger partial charge is 0.250 e. The number of nitrogens with one attached hydrogen (secondary N) is 1. The van der Waals surface area contributed by atoms with Gasteiger partial charge in [-0.05, 0) is 43.7 Å². The van der Waals surface area contributed by atoms with E-state index in [0.717, 1.165) is 11.1 Å². The first kappa shape index (κ1) is 19.0. The van der Waals surface area contributed by atoms with Gasteiger partial charge in [0, 0.05) is 36.1 Å². The van der Waals surface area contributed by atoms with E-state index >= 15 is 0 Å². The number of nitrogens with zero attached hydrogens (tertiary/aromatic N) is 3. The lowest BCUT2D eigenvalue weighted by Gasteiger charge is -2.34. The third-order valence-electron chi connectivity index (χ3n) is 5.34. The summed E-state index contributed by atoms with van der Waals surface area (Å²) < 4.78 is 28.6. The molecule has 148 valence electrons. The SMILES string of the molecule is CCn1cc(C2=N[C@@H](C)[C@](c3ccc(F)cc3)(c3ccc(F)nc3)N2)ccc1=O. The maximum Gasteiger partial charge on any atom is 0.250 e. The van der Waals surface area contributed by atoms with Gasteiger partial charge < -0.3 is 9.88 Å². The molecule has 2 atom stereocenters. The number of halogens is 2. The zero-order valence-electron chi connectivity index (χ0n) is 16.1. The van der Waals surface area contributed by atoms with E-state index in [9.17, 15) is 13.6 Å². The van der Waals surface area contributed by atoms with Crippen molar-refractivity contribution in [1.29, 1.82) is 0 Å². The zero-order chi connectivity index (χ0) is 20.6. The third-order valence-corrected chi connectivity index (χ3v) is 5.34. The molecule has 5 nitrogen and oxygen atoms in total. The molecule has 1 aliphatic heterocycles. The summed E-state index contributed by atoms with van der Waals surface area (Å²) in [6, 6.07) is 12.0. The molecule has 29 heavy (non-hydrogen) atoms. The quantitative estimate of drug-likeness (QED) is 0.692. The van der Waals surface area contributed by atoms with E-state index in [0.29, 0.717) is 17.9 Å². The summed E-state index contributed by atoms with van der Waals surface area (Å²) in [5.74, 6) is -0.318. The first-order valence-electron chi connectivity index (χ1n) is 9.39. The Morgan fingerprint density at radius 3 is 2.45 bits per heavy atom. The number of hydrogen-bond donors (Lipinski definition) is 1. The van der Waals surface area contributed by atoms with Gasteiger partial charge in [0.1, 0.15) is 17.2 Å². The Balaban J connectivity index is 1.84. The van der Waals surface area contributed by atoms with Crippen molar-refractivity contribution in [2.45, 2.75) is 32.0 Å². The van der Waals surface area contributed by atoms with Crippen molar-refractivity contribution in [1.82, 2.24) is 14.9 Å². The highest BCUT2D eigenvalue weighted by Gasteiger charge is 2.45. The van der Waals surface area contributed by atoms with Gasteiger partial charge in [0.25, 0.3) is 5.56 Å². The van der Waals surface area contributed by atoms with Crippen LogP contribution in [-0.2, 0) is 12.1 Å². The predicted molar refractivity (Wildman–Crippen MR) is 107 cm³/mol. The van der Waals surface area contributed by atoms with Crippen LogP contribution >= 0.6 is 0 Å². The number of benzene rings is 1. The monoisotopic (exact) mass is 394 g/mol. The Hall–Kier alpha value is -3.35. The summed E-state index contributed by atoms with van der Waals surface area (Å²) >= 11 is 0. The standard InChI is InChI=1S/C22H20F2N4O/c1-3-28-13-15(4-11-20(28)29)21-26-14(2)22(27-21,16-5-8-18(23)9-6-16)17-7-10-19(24)25-12-17/h4-14H,3H2,1-2H3,(H,26,27)/t14-,22-/m0/s1. The molecular formula is C22H20F2N4O. The van der Waals surface area contributed by atoms with E-state index in [2.05, 4.69) is 10.3 Å². The molecule has 1 aromatic carbocycles. The van der Waals surface area contributed by atoms with Crippen molar-refractivity contribution >= 4 is 5.84 Å². The molecule has 3 aromatic rings. The Morgan fingerprint density at radius 2 is 1.79 bits per heavy atom. The number of rotatable bonds is 4. The third kappa shape index (κ3) is 3.22. The number of aryl methyl sites for hydroxylation is 1. The van der Waals surface area contributed by atoms with Gasteiger partial charge in [-0.3, -0.25) is 9.79 Å². The topological polar surface area (TPSA) is 59.3 Å². The lowest BCUT2D eigenvalue weighted by Crippen LogP contribution is -2.48. The first-order valence-corrected chi connectivity index (χ1v) is 9.39. The Morgan fingerprint density at radius 1 is 1.07 bits per heavy atom. The van der Waals surface area contributed by atoms with Crippen LogP contribution in [0, 0.1) is 11.8 Å². The average Bonchev–Trinajstić information content (AvgIpc) is 3.07. The Bertz CT molecular complexity index is 1080. The Kier molecular flexibility index (Phi) is 4.74. The number of pyridine rings is 2. The molecular weight excluding hydrogens is 374 g/mol. The highest BCUT2D eigenvalue weighted by atomic mass is 19.1. The number of aliphatic imine (C=N–C) groups is 1. The van der Waals surface area contributed by atoms with Crippen LogP contribution in [0.3, 0.4) is 0 Å². The second kappa shape index (κ2) is 7.24. The fourth-order valence-corrected chi connectivity index (χ4v) is 3.79. The molecule has 0 radical (unpaired) electrons. The fourth-order valence-electron chi connectivity index (χ4n) is 3.79. The lowest BCUT2D eigenvalue weighted by atomic mass is 9.79. The van der Waals surface area contributed by atoms with Crippen LogP contribution < -0.4 is 10.9 Å². The highest BCUT2D eigenvalue weighted by molar-refractivity contribution is 6.01. The number of hydrogen-bond acceptors (Lipinski definition) is 4. The maximum absolute atomic E-state index is 13.6. The molecule has 1 N–H and O–H groups in total. The second-order valence-electron chi connectivity index (χ2n) is 7.01. The van der Waals surface area contributed by atoms with Gasteiger partial charge in [-0.25, -0.2) is 9.37 Å². The number of aromatic nitrogens is 2. The molecule has 1 aliphatic rings. The first-order chi connectivity index (χ1) is 13.9. The van der Waals surface area contributed by atoms with Gasteiger partial charge in [-0.2, -0.15) is 4.39 Å². The molecule has 0 spiro atoms. The van der Waals surface area contributed by atoms with Gasteiger partial charge in [-0.15, -0.1) is 0 Å². The van der Waals surface area contributed by atoms with E-state index in [1.54, 1.807) is 35.0 Å². The lowest BCUT2D eigenvalue weighted by molar-refractivity contribution is 0.430. The maximum atomic E-state index is 13.6. The van der Waals surface area contributed by atoms with Crippen molar-refractivity contribution in [3.8, 4) is 0 Å². The van der Waals surface area contributed by atoms with Crippen LogP contribution in [0.4, 0.5) is 8.78 Å². The van der Waals surface area contributed by atoms with Crippen LogP contribution in [0.1, 0.15) is 30.5 Å². The zero-order valence-corrected chi connectivity index (χ0v) is 16.1.